The van der Waals surface area contributed by atoms with Crippen LogP contribution in [0.1, 0.15) is 12.5 Å². The van der Waals surface area contributed by atoms with Crippen LogP contribution in [-0.4, -0.2) is 20.7 Å². The molecule has 16 heavy (non-hydrogen) atoms. The predicted molar refractivity (Wildman–Crippen MR) is 62.6 cm³/mol. The van der Waals surface area contributed by atoms with Gasteiger partial charge < -0.3 is 5.21 Å². The van der Waals surface area contributed by atoms with Gasteiger partial charge in [0.15, 0.2) is 0 Å². The minimum atomic E-state index is 0.603. The van der Waals surface area contributed by atoms with Crippen LogP contribution < -0.4 is 0 Å². The summed E-state index contributed by atoms with van der Waals surface area (Å²) in [6.45, 7) is 1.77. The highest BCUT2D eigenvalue weighted by atomic mass is 16.4. The smallest absolute Gasteiger partial charge is 0.0837 e. The molecule has 2 rings (SSSR count). The van der Waals surface area contributed by atoms with Crippen LogP contribution in [0.25, 0.3) is 11.1 Å². The first-order chi connectivity index (χ1) is 7.70. The lowest BCUT2D eigenvalue weighted by atomic mass is 10.0. The molecule has 0 atom stereocenters. The minimum Gasteiger partial charge on any atom is -0.411 e. The van der Waals surface area contributed by atoms with Gasteiger partial charge in [0.1, 0.15) is 0 Å². The molecule has 0 saturated carbocycles. The lowest BCUT2D eigenvalue weighted by Crippen LogP contribution is -1.94. The van der Waals surface area contributed by atoms with Crippen molar-refractivity contribution in [2.75, 3.05) is 0 Å². The van der Waals surface area contributed by atoms with Crippen LogP contribution in [0.5, 0.6) is 0 Å². The average Bonchev–Trinajstić information content (AvgIpc) is 2.75. The molecular weight excluding hydrogens is 202 g/mol. The number of oxime groups is 1. The summed E-state index contributed by atoms with van der Waals surface area (Å²) in [7, 11) is 1.88. The van der Waals surface area contributed by atoms with Crippen molar-refractivity contribution >= 4 is 5.71 Å². The monoisotopic (exact) mass is 215 g/mol. The topological polar surface area (TPSA) is 50.4 Å². The first kappa shape index (κ1) is 10.4. The third kappa shape index (κ3) is 1.95. The first-order valence-corrected chi connectivity index (χ1v) is 4.99. The largest absolute Gasteiger partial charge is 0.411 e. The molecule has 0 amide bonds. The number of hydrogen-bond donors (Lipinski definition) is 1. The molecule has 1 aromatic carbocycles. The van der Waals surface area contributed by atoms with E-state index in [1.165, 1.54) is 0 Å². The summed E-state index contributed by atoms with van der Waals surface area (Å²) in [4.78, 5) is 0. The zero-order chi connectivity index (χ0) is 11.5. The number of hydrogen-bond acceptors (Lipinski definition) is 3. The third-order valence-electron chi connectivity index (χ3n) is 2.47. The summed E-state index contributed by atoms with van der Waals surface area (Å²) in [5, 5.41) is 16.0. The molecule has 0 aliphatic rings. The second-order valence-corrected chi connectivity index (χ2v) is 3.67. The van der Waals surface area contributed by atoms with E-state index in [0.717, 1.165) is 16.7 Å². The zero-order valence-corrected chi connectivity index (χ0v) is 9.25. The van der Waals surface area contributed by atoms with Crippen molar-refractivity contribution in [2.45, 2.75) is 6.92 Å². The van der Waals surface area contributed by atoms with Crippen LogP contribution in [0.2, 0.25) is 0 Å². The van der Waals surface area contributed by atoms with Gasteiger partial charge in [0.05, 0.1) is 11.9 Å². The maximum atomic E-state index is 8.73. The van der Waals surface area contributed by atoms with Gasteiger partial charge in [-0.2, -0.15) is 5.10 Å². The lowest BCUT2D eigenvalue weighted by Gasteiger charge is -2.01. The molecule has 0 radical (unpaired) electrons. The average molecular weight is 215 g/mol. The maximum absolute atomic E-state index is 8.73. The first-order valence-electron chi connectivity index (χ1n) is 4.99. The van der Waals surface area contributed by atoms with Crippen LogP contribution in [0.3, 0.4) is 0 Å². The Morgan fingerprint density at radius 1 is 1.38 bits per heavy atom. The van der Waals surface area contributed by atoms with E-state index >= 15 is 0 Å². The summed E-state index contributed by atoms with van der Waals surface area (Å²) in [5.41, 5.74) is 3.62. The Hall–Kier alpha value is -2.10. The molecule has 0 unspecified atom stereocenters. The van der Waals surface area contributed by atoms with Gasteiger partial charge in [0.25, 0.3) is 0 Å². The van der Waals surface area contributed by atoms with Gasteiger partial charge in [-0.05, 0) is 24.1 Å². The van der Waals surface area contributed by atoms with E-state index in [9.17, 15) is 0 Å². The van der Waals surface area contributed by atoms with E-state index in [0.29, 0.717) is 5.71 Å². The number of nitrogens with zero attached hydrogens (tertiary/aromatic N) is 3. The van der Waals surface area contributed by atoms with Crippen LogP contribution in [0.15, 0.2) is 41.8 Å². The molecule has 0 spiro atoms. The van der Waals surface area contributed by atoms with Gasteiger partial charge >= 0.3 is 0 Å². The van der Waals surface area contributed by atoms with Crippen molar-refractivity contribution < 1.29 is 5.21 Å². The van der Waals surface area contributed by atoms with Gasteiger partial charge in [0, 0.05) is 18.8 Å². The normalized spacial score (nSPS) is 11.8. The summed E-state index contributed by atoms with van der Waals surface area (Å²) in [6.07, 6.45) is 3.76. The summed E-state index contributed by atoms with van der Waals surface area (Å²) in [5.74, 6) is 0. The molecule has 0 bridgehead atoms. The Labute approximate surface area is 93.8 Å². The molecule has 82 valence electrons. The Bertz CT molecular complexity index is 529. The van der Waals surface area contributed by atoms with Crippen LogP contribution in [0.4, 0.5) is 0 Å². The van der Waals surface area contributed by atoms with E-state index in [2.05, 4.69) is 10.3 Å². The Kier molecular flexibility index (Phi) is 2.72. The van der Waals surface area contributed by atoms with E-state index in [4.69, 9.17) is 5.21 Å². The second kappa shape index (κ2) is 4.18. The molecule has 4 heteroatoms. The minimum absolute atomic E-state index is 0.603. The van der Waals surface area contributed by atoms with Gasteiger partial charge in [-0.3, -0.25) is 4.68 Å². The molecule has 0 fully saturated rings. The maximum Gasteiger partial charge on any atom is 0.0837 e. The molecule has 4 nitrogen and oxygen atoms in total. The molecule has 2 aromatic rings. The highest BCUT2D eigenvalue weighted by molar-refractivity contribution is 5.99. The number of benzene rings is 1. The molecule has 0 aliphatic heterocycles. The van der Waals surface area contributed by atoms with Crippen molar-refractivity contribution in [1.29, 1.82) is 0 Å². The Morgan fingerprint density at radius 2 is 2.19 bits per heavy atom. The second-order valence-electron chi connectivity index (χ2n) is 3.67. The van der Waals surface area contributed by atoms with Gasteiger partial charge in [-0.25, -0.2) is 0 Å². The number of aromatic nitrogens is 2. The van der Waals surface area contributed by atoms with Crippen molar-refractivity contribution in [1.82, 2.24) is 9.78 Å². The van der Waals surface area contributed by atoms with Crippen molar-refractivity contribution in [3.63, 3.8) is 0 Å². The molecule has 1 aromatic heterocycles. The SMILES string of the molecule is C/C(=N\O)c1cccc(-c2cnn(C)c2)c1. The van der Waals surface area contributed by atoms with Gasteiger partial charge in [-0.1, -0.05) is 23.4 Å². The number of rotatable bonds is 2. The van der Waals surface area contributed by atoms with Crippen molar-refractivity contribution in [2.24, 2.45) is 12.2 Å². The van der Waals surface area contributed by atoms with E-state index in [1.54, 1.807) is 11.6 Å². The Balaban J connectivity index is 2.43. The van der Waals surface area contributed by atoms with Gasteiger partial charge in [0.2, 0.25) is 0 Å². The lowest BCUT2D eigenvalue weighted by molar-refractivity contribution is 0.319. The van der Waals surface area contributed by atoms with E-state index in [1.807, 2.05) is 43.7 Å². The summed E-state index contributed by atoms with van der Waals surface area (Å²) >= 11 is 0. The zero-order valence-electron chi connectivity index (χ0n) is 9.25. The Morgan fingerprint density at radius 3 is 2.81 bits per heavy atom. The van der Waals surface area contributed by atoms with Crippen LogP contribution in [-0.2, 0) is 7.05 Å². The molecule has 1 heterocycles. The summed E-state index contributed by atoms with van der Waals surface area (Å²) < 4.78 is 1.76. The van der Waals surface area contributed by atoms with E-state index < -0.39 is 0 Å². The highest BCUT2D eigenvalue weighted by Gasteiger charge is 2.03. The quantitative estimate of drug-likeness (QED) is 0.474. The highest BCUT2D eigenvalue weighted by Crippen LogP contribution is 2.19. The molecule has 0 saturated heterocycles. The number of aryl methyl sites for hydroxylation is 1. The fourth-order valence-electron chi connectivity index (χ4n) is 1.55. The van der Waals surface area contributed by atoms with Crippen molar-refractivity contribution in [3.05, 3.63) is 42.2 Å². The standard InChI is InChI=1S/C12H13N3O/c1-9(14-16)10-4-3-5-11(6-10)12-7-13-15(2)8-12/h3-8,16H,1-2H3/b14-9+. The van der Waals surface area contributed by atoms with Crippen molar-refractivity contribution in [3.8, 4) is 11.1 Å². The predicted octanol–water partition coefficient (Wildman–Crippen LogP) is 2.29. The molecule has 1 N–H and O–H groups in total. The fourth-order valence-corrected chi connectivity index (χ4v) is 1.55. The summed E-state index contributed by atoms with van der Waals surface area (Å²) in [6, 6.07) is 7.83. The van der Waals surface area contributed by atoms with Gasteiger partial charge in [-0.15, -0.1) is 0 Å². The molecular formula is C12H13N3O. The van der Waals surface area contributed by atoms with Crippen LogP contribution in [0, 0.1) is 0 Å². The third-order valence-corrected chi connectivity index (χ3v) is 2.47. The fraction of sp³-hybridized carbons (Fsp3) is 0.167. The van der Waals surface area contributed by atoms with Crippen LogP contribution >= 0.6 is 0 Å². The molecule has 0 aliphatic carbocycles. The van der Waals surface area contributed by atoms with E-state index in [-0.39, 0.29) is 0 Å².